The summed E-state index contributed by atoms with van der Waals surface area (Å²) in [7, 11) is 1.86. The fourth-order valence-corrected chi connectivity index (χ4v) is 1.96. The summed E-state index contributed by atoms with van der Waals surface area (Å²) >= 11 is 0. The molecular weight excluding hydrogens is 256 g/mol. The molecule has 0 aliphatic carbocycles. The van der Waals surface area contributed by atoms with E-state index in [-0.39, 0.29) is 5.69 Å². The van der Waals surface area contributed by atoms with Crippen molar-refractivity contribution in [1.29, 1.82) is 0 Å². The van der Waals surface area contributed by atoms with Crippen molar-refractivity contribution in [1.82, 2.24) is 0 Å². The van der Waals surface area contributed by atoms with Gasteiger partial charge in [0.25, 0.3) is 5.69 Å². The number of nitro groups is 1. The lowest BCUT2D eigenvalue weighted by molar-refractivity contribution is -0.384. The number of benzene rings is 2. The van der Waals surface area contributed by atoms with Crippen LogP contribution >= 0.6 is 0 Å². The van der Waals surface area contributed by atoms with Crippen LogP contribution in [0.15, 0.2) is 42.5 Å². The second kappa shape index (κ2) is 5.58. The molecule has 0 bridgehead atoms. The van der Waals surface area contributed by atoms with Crippen molar-refractivity contribution in [3.8, 4) is 0 Å². The Morgan fingerprint density at radius 3 is 2.55 bits per heavy atom. The molecule has 3 N–H and O–H groups in total. The molecule has 0 spiro atoms. The Morgan fingerprint density at radius 2 is 1.95 bits per heavy atom. The van der Waals surface area contributed by atoms with Gasteiger partial charge in [0.2, 0.25) is 0 Å². The number of nitrogens with one attached hydrogen (secondary N) is 1. The highest BCUT2D eigenvalue weighted by molar-refractivity contribution is 5.70. The number of aryl methyl sites for hydroxylation is 1. The Morgan fingerprint density at radius 1 is 1.20 bits per heavy atom. The molecule has 0 saturated carbocycles. The number of rotatable bonds is 4. The largest absolute Gasteiger partial charge is 0.344 e. The zero-order valence-corrected chi connectivity index (χ0v) is 11.3. The lowest BCUT2D eigenvalue weighted by atomic mass is 10.2. The van der Waals surface area contributed by atoms with E-state index in [1.54, 1.807) is 6.07 Å². The van der Waals surface area contributed by atoms with Gasteiger partial charge in [-0.25, -0.2) is 0 Å². The fraction of sp³-hybridized carbons (Fsp3) is 0.143. The third-order valence-corrected chi connectivity index (χ3v) is 3.06. The highest BCUT2D eigenvalue weighted by Gasteiger charge is 2.13. The molecule has 0 saturated heterocycles. The van der Waals surface area contributed by atoms with E-state index in [1.807, 2.05) is 43.1 Å². The molecule has 0 amide bonds. The second-order valence-corrected chi connectivity index (χ2v) is 4.54. The fourth-order valence-electron chi connectivity index (χ4n) is 1.96. The average molecular weight is 272 g/mol. The molecule has 104 valence electrons. The van der Waals surface area contributed by atoms with E-state index in [0.717, 1.165) is 11.3 Å². The number of nitrogens with two attached hydrogens (primary N) is 1. The zero-order chi connectivity index (χ0) is 14.7. The maximum Gasteiger partial charge on any atom is 0.273 e. The van der Waals surface area contributed by atoms with Gasteiger partial charge in [0, 0.05) is 30.6 Å². The number of hydrogen-bond acceptors (Lipinski definition) is 5. The molecule has 0 atom stereocenters. The molecule has 6 nitrogen and oxygen atoms in total. The second-order valence-electron chi connectivity index (χ2n) is 4.54. The average Bonchev–Trinajstić information content (AvgIpc) is 2.45. The molecule has 0 aliphatic rings. The van der Waals surface area contributed by atoms with E-state index in [0.29, 0.717) is 11.4 Å². The molecule has 0 fully saturated rings. The van der Waals surface area contributed by atoms with E-state index >= 15 is 0 Å². The topological polar surface area (TPSA) is 84.4 Å². The van der Waals surface area contributed by atoms with Gasteiger partial charge in [-0.05, 0) is 30.7 Å². The Hall–Kier alpha value is -2.60. The minimum absolute atomic E-state index is 0.00467. The predicted molar refractivity (Wildman–Crippen MR) is 80.1 cm³/mol. The van der Waals surface area contributed by atoms with Crippen LogP contribution in [0.5, 0.6) is 0 Å². The molecule has 20 heavy (non-hydrogen) atoms. The number of non-ortho nitro benzene ring substituents is 1. The molecule has 2 aromatic carbocycles. The lowest BCUT2D eigenvalue weighted by Gasteiger charge is -2.20. The van der Waals surface area contributed by atoms with Gasteiger partial charge in [-0.1, -0.05) is 12.1 Å². The maximum atomic E-state index is 11.0. The van der Waals surface area contributed by atoms with Gasteiger partial charge in [0.1, 0.15) is 0 Å². The SMILES string of the molecule is Cc1cccc(N(C)c2cc(NN)cc([N+](=O)[O-])c2)c1. The molecule has 0 aromatic heterocycles. The Kier molecular flexibility index (Phi) is 3.86. The van der Waals surface area contributed by atoms with Crippen LogP contribution in [0.2, 0.25) is 0 Å². The summed E-state index contributed by atoms with van der Waals surface area (Å²) in [5.74, 6) is 5.36. The van der Waals surface area contributed by atoms with E-state index in [1.165, 1.54) is 12.1 Å². The maximum absolute atomic E-state index is 11.0. The quantitative estimate of drug-likeness (QED) is 0.508. The summed E-state index contributed by atoms with van der Waals surface area (Å²) in [6.45, 7) is 2.00. The molecule has 0 aliphatic heterocycles. The number of anilines is 3. The van der Waals surface area contributed by atoms with Crippen molar-refractivity contribution >= 4 is 22.7 Å². The first-order chi connectivity index (χ1) is 9.51. The van der Waals surface area contributed by atoms with Crippen LogP contribution in [0.25, 0.3) is 0 Å². The Bertz CT molecular complexity index is 643. The van der Waals surface area contributed by atoms with Crippen molar-refractivity contribution in [2.45, 2.75) is 6.92 Å². The van der Waals surface area contributed by atoms with E-state index in [4.69, 9.17) is 5.84 Å². The van der Waals surface area contributed by atoms with Gasteiger partial charge in [0.05, 0.1) is 10.6 Å². The van der Waals surface area contributed by atoms with Gasteiger partial charge < -0.3 is 10.3 Å². The molecule has 2 aromatic rings. The minimum atomic E-state index is -0.436. The number of nitrogen functional groups attached to an aromatic ring is 1. The first-order valence-corrected chi connectivity index (χ1v) is 6.08. The van der Waals surface area contributed by atoms with Gasteiger partial charge in [-0.2, -0.15) is 0 Å². The first-order valence-electron chi connectivity index (χ1n) is 6.08. The number of hydrogen-bond donors (Lipinski definition) is 2. The van der Waals surface area contributed by atoms with Crippen LogP contribution in [-0.4, -0.2) is 12.0 Å². The van der Waals surface area contributed by atoms with E-state index in [2.05, 4.69) is 5.43 Å². The normalized spacial score (nSPS) is 10.2. The number of nitrogens with zero attached hydrogens (tertiary/aromatic N) is 2. The smallest absolute Gasteiger partial charge is 0.273 e. The van der Waals surface area contributed by atoms with Gasteiger partial charge in [-0.15, -0.1) is 0 Å². The molecule has 0 radical (unpaired) electrons. The van der Waals surface area contributed by atoms with Crippen molar-refractivity contribution in [2.24, 2.45) is 5.84 Å². The van der Waals surface area contributed by atoms with Crippen molar-refractivity contribution in [2.75, 3.05) is 17.4 Å². The minimum Gasteiger partial charge on any atom is -0.344 e. The summed E-state index contributed by atoms with van der Waals surface area (Å²) in [5.41, 5.74) is 5.71. The molecule has 6 heteroatoms. The predicted octanol–water partition coefficient (Wildman–Crippen LogP) is 2.96. The van der Waals surface area contributed by atoms with Crippen molar-refractivity contribution in [3.63, 3.8) is 0 Å². The Labute approximate surface area is 116 Å². The highest BCUT2D eigenvalue weighted by Crippen LogP contribution is 2.30. The van der Waals surface area contributed by atoms with Crippen LogP contribution < -0.4 is 16.2 Å². The molecule has 0 unspecified atom stereocenters. The van der Waals surface area contributed by atoms with Crippen LogP contribution in [0.3, 0.4) is 0 Å². The molecule has 0 heterocycles. The van der Waals surface area contributed by atoms with Crippen LogP contribution in [-0.2, 0) is 0 Å². The van der Waals surface area contributed by atoms with Gasteiger partial charge in [-0.3, -0.25) is 16.0 Å². The summed E-state index contributed by atoms with van der Waals surface area (Å²) in [4.78, 5) is 12.4. The first kappa shape index (κ1) is 13.8. The molecular formula is C14H16N4O2. The third kappa shape index (κ3) is 2.86. The summed E-state index contributed by atoms with van der Waals surface area (Å²) < 4.78 is 0. The van der Waals surface area contributed by atoms with Crippen molar-refractivity contribution < 1.29 is 4.92 Å². The van der Waals surface area contributed by atoms with Crippen molar-refractivity contribution in [3.05, 3.63) is 58.1 Å². The standard InChI is InChI=1S/C14H16N4O2/c1-10-4-3-5-12(6-10)17(2)13-7-11(16-15)8-14(9-13)18(19)20/h3-9,16H,15H2,1-2H3. The van der Waals surface area contributed by atoms with Gasteiger partial charge >= 0.3 is 0 Å². The summed E-state index contributed by atoms with van der Waals surface area (Å²) in [6.07, 6.45) is 0. The van der Waals surface area contributed by atoms with E-state index in [9.17, 15) is 10.1 Å². The third-order valence-electron chi connectivity index (χ3n) is 3.06. The van der Waals surface area contributed by atoms with Gasteiger partial charge in [0.15, 0.2) is 0 Å². The lowest BCUT2D eigenvalue weighted by Crippen LogP contribution is -2.12. The van der Waals surface area contributed by atoms with Crippen LogP contribution in [0.4, 0.5) is 22.7 Å². The zero-order valence-electron chi connectivity index (χ0n) is 11.3. The van der Waals surface area contributed by atoms with Crippen LogP contribution in [0.1, 0.15) is 5.56 Å². The van der Waals surface area contributed by atoms with Crippen LogP contribution in [0, 0.1) is 17.0 Å². The number of nitro benzene ring substituents is 1. The molecule has 2 rings (SSSR count). The monoisotopic (exact) mass is 272 g/mol. The van der Waals surface area contributed by atoms with E-state index < -0.39 is 4.92 Å². The highest BCUT2D eigenvalue weighted by atomic mass is 16.6. The summed E-state index contributed by atoms with van der Waals surface area (Å²) in [6, 6.07) is 12.6. The Balaban J connectivity index is 2.45. The summed E-state index contributed by atoms with van der Waals surface area (Å²) in [5, 5.41) is 11.0. The number of hydrazine groups is 1.